The van der Waals surface area contributed by atoms with Crippen molar-refractivity contribution in [3.05, 3.63) is 587 Å². The van der Waals surface area contributed by atoms with Crippen LogP contribution in [0.25, 0.3) is 166 Å². The van der Waals surface area contributed by atoms with Crippen LogP contribution in [0.4, 0.5) is 0 Å². The lowest BCUT2D eigenvalue weighted by atomic mass is 9.67. The SMILES string of the molecule is c1ccc(-c2ccc(-n3c4ccc(-c5ccc6c(c5)-c5ccccc5C6c5ccc6ccccc6c5)cc4c4cc5c(cc43)C(c3ccccc3)(c3ccccc3)c3ccccc3-5)cc2)cc1.c1ccc(-c2ccc(C3c4ccc(-c5ccc6c(c5)c5ccccc5n6-c5ccc6ccccc6c5)cc4-c4cc5c(cc43)-c3ccccc3C5(c3ccccc3)c3ccccc3)cc2)cc1. The van der Waals surface area contributed by atoms with Gasteiger partial charge in [-0.15, -0.1) is 0 Å². The van der Waals surface area contributed by atoms with Gasteiger partial charge in [0.1, 0.15) is 0 Å². The maximum atomic E-state index is 2.58. The monoisotopic (exact) mass is 1700 g/mol. The zero-order valence-electron chi connectivity index (χ0n) is 73.5. The van der Waals surface area contributed by atoms with Gasteiger partial charge in [-0.05, 0) is 279 Å². The second kappa shape index (κ2) is 30.8. The minimum atomic E-state index is -0.502. The molecule has 0 bridgehead atoms. The highest BCUT2D eigenvalue weighted by atomic mass is 15.0. The summed E-state index contributed by atoms with van der Waals surface area (Å²) in [5, 5.41) is 10.0. The van der Waals surface area contributed by atoms with Gasteiger partial charge < -0.3 is 9.13 Å². The number of hydrogen-bond donors (Lipinski definition) is 0. The van der Waals surface area contributed by atoms with Crippen molar-refractivity contribution in [1.82, 2.24) is 9.13 Å². The van der Waals surface area contributed by atoms with Gasteiger partial charge in [-0.25, -0.2) is 0 Å². The summed E-state index contributed by atoms with van der Waals surface area (Å²) in [6.07, 6.45) is 0. The number of rotatable bonds is 12. The molecule has 2 atom stereocenters. The molecule has 0 amide bonds. The number of hydrogen-bond acceptors (Lipinski definition) is 0. The molecule has 4 aliphatic rings. The summed E-state index contributed by atoms with van der Waals surface area (Å²) in [5.41, 5.74) is 44.8. The normalized spacial score (nSPS) is 14.2. The molecule has 24 aromatic rings. The Hall–Kier alpha value is -17.0. The lowest BCUT2D eigenvalue weighted by Crippen LogP contribution is -2.28. The summed E-state index contributed by atoms with van der Waals surface area (Å²) in [6, 6.07) is 190. The fourth-order valence-electron chi connectivity index (χ4n) is 23.9. The van der Waals surface area contributed by atoms with Gasteiger partial charge in [0, 0.05) is 44.8 Å². The van der Waals surface area contributed by atoms with Crippen LogP contribution in [-0.2, 0) is 10.8 Å². The largest absolute Gasteiger partial charge is 0.309 e. The van der Waals surface area contributed by atoms with Crippen molar-refractivity contribution in [1.29, 1.82) is 0 Å². The first-order chi connectivity index (χ1) is 66.4. The molecule has 0 spiro atoms. The molecule has 134 heavy (non-hydrogen) atoms. The topological polar surface area (TPSA) is 9.86 Å². The molecule has 0 N–H and O–H groups in total. The molecular weight excluding hydrogens is 1610 g/mol. The first-order valence-electron chi connectivity index (χ1n) is 46.9. The minimum absolute atomic E-state index is 0.0761. The Kier molecular flexibility index (Phi) is 17.7. The number of para-hydroxylation sites is 1. The maximum Gasteiger partial charge on any atom is 0.0714 e. The average Bonchev–Trinajstić information content (AvgIpc) is 1.52. The van der Waals surface area contributed by atoms with E-state index in [1.807, 2.05) is 0 Å². The van der Waals surface area contributed by atoms with Crippen LogP contribution in [0, 0.1) is 0 Å². The molecule has 0 saturated heterocycles. The number of fused-ring (bicyclic) bond motifs is 20. The lowest BCUT2D eigenvalue weighted by molar-refractivity contribution is 0.768. The summed E-state index contributed by atoms with van der Waals surface area (Å²) in [7, 11) is 0. The summed E-state index contributed by atoms with van der Waals surface area (Å²) in [6.45, 7) is 0. The molecule has 28 rings (SSSR count). The van der Waals surface area contributed by atoms with E-state index in [1.54, 1.807) is 0 Å². The smallest absolute Gasteiger partial charge is 0.0714 e. The van der Waals surface area contributed by atoms with E-state index in [2.05, 4.69) is 519 Å². The molecule has 2 aromatic heterocycles. The molecular formula is C132H86N2. The van der Waals surface area contributed by atoms with Crippen molar-refractivity contribution in [2.24, 2.45) is 0 Å². The van der Waals surface area contributed by atoms with E-state index >= 15 is 0 Å². The van der Waals surface area contributed by atoms with E-state index in [1.165, 1.54) is 238 Å². The van der Waals surface area contributed by atoms with Crippen LogP contribution in [0.3, 0.4) is 0 Å². The van der Waals surface area contributed by atoms with Crippen molar-refractivity contribution in [3.8, 4) is 100 Å². The van der Waals surface area contributed by atoms with Gasteiger partial charge in [-0.3, -0.25) is 0 Å². The highest BCUT2D eigenvalue weighted by molar-refractivity contribution is 6.14. The number of benzene rings is 22. The van der Waals surface area contributed by atoms with E-state index in [0.717, 1.165) is 5.69 Å². The zero-order chi connectivity index (χ0) is 88.1. The van der Waals surface area contributed by atoms with Crippen LogP contribution in [-0.4, -0.2) is 9.13 Å². The van der Waals surface area contributed by atoms with Crippen molar-refractivity contribution in [2.75, 3.05) is 0 Å². The molecule has 22 aromatic carbocycles. The Morgan fingerprint density at radius 3 is 1.08 bits per heavy atom. The van der Waals surface area contributed by atoms with Crippen LogP contribution in [0.15, 0.2) is 510 Å². The van der Waals surface area contributed by atoms with Gasteiger partial charge in [-0.1, -0.05) is 419 Å². The van der Waals surface area contributed by atoms with Crippen LogP contribution in [0.1, 0.15) is 89.7 Å². The van der Waals surface area contributed by atoms with Crippen LogP contribution in [0.2, 0.25) is 0 Å². The van der Waals surface area contributed by atoms with Gasteiger partial charge in [0.2, 0.25) is 0 Å². The number of nitrogens with zero attached hydrogens (tertiary/aromatic N) is 2. The summed E-state index contributed by atoms with van der Waals surface area (Å²) >= 11 is 0. The van der Waals surface area contributed by atoms with Crippen molar-refractivity contribution in [2.45, 2.75) is 22.7 Å². The van der Waals surface area contributed by atoms with Gasteiger partial charge in [0.25, 0.3) is 0 Å². The van der Waals surface area contributed by atoms with E-state index in [-0.39, 0.29) is 11.8 Å². The van der Waals surface area contributed by atoms with Gasteiger partial charge in [-0.2, -0.15) is 0 Å². The molecule has 4 aliphatic carbocycles. The average molecular weight is 1700 g/mol. The molecule has 0 radical (unpaired) electrons. The zero-order valence-corrected chi connectivity index (χ0v) is 73.5. The molecule has 0 saturated carbocycles. The summed E-state index contributed by atoms with van der Waals surface area (Å²) < 4.78 is 4.93. The van der Waals surface area contributed by atoms with Crippen molar-refractivity contribution >= 4 is 65.2 Å². The van der Waals surface area contributed by atoms with Gasteiger partial charge >= 0.3 is 0 Å². The highest BCUT2D eigenvalue weighted by Crippen LogP contribution is 2.62. The number of aromatic nitrogens is 2. The first kappa shape index (κ1) is 77.0. The Balaban J connectivity index is 0.000000136. The molecule has 2 heterocycles. The van der Waals surface area contributed by atoms with E-state index in [9.17, 15) is 0 Å². The predicted octanol–water partition coefficient (Wildman–Crippen LogP) is 33.6. The molecule has 0 aliphatic heterocycles. The van der Waals surface area contributed by atoms with E-state index < -0.39 is 10.8 Å². The molecule has 624 valence electrons. The van der Waals surface area contributed by atoms with E-state index in [4.69, 9.17) is 0 Å². The summed E-state index contributed by atoms with van der Waals surface area (Å²) in [5.74, 6) is 0.259. The lowest BCUT2D eigenvalue weighted by Gasteiger charge is -2.34. The third kappa shape index (κ3) is 11.8. The summed E-state index contributed by atoms with van der Waals surface area (Å²) in [4.78, 5) is 0. The Labute approximate surface area is 779 Å². The Morgan fingerprint density at radius 2 is 0.515 bits per heavy atom. The molecule has 2 unspecified atom stereocenters. The Bertz CT molecular complexity index is 8750. The fraction of sp³-hybridized carbons (Fsp3) is 0.0303. The highest BCUT2D eigenvalue weighted by Gasteiger charge is 2.49. The second-order valence-electron chi connectivity index (χ2n) is 36.7. The Morgan fingerprint density at radius 1 is 0.157 bits per heavy atom. The maximum absolute atomic E-state index is 2.58. The van der Waals surface area contributed by atoms with Crippen LogP contribution >= 0.6 is 0 Å². The van der Waals surface area contributed by atoms with Crippen LogP contribution < -0.4 is 0 Å². The van der Waals surface area contributed by atoms with Gasteiger partial charge in [0.05, 0.1) is 32.9 Å². The minimum Gasteiger partial charge on any atom is -0.309 e. The first-order valence-corrected chi connectivity index (χ1v) is 46.9. The third-order valence-electron chi connectivity index (χ3n) is 29.9. The predicted molar refractivity (Wildman–Crippen MR) is 559 cm³/mol. The van der Waals surface area contributed by atoms with E-state index in [0.29, 0.717) is 0 Å². The third-order valence-corrected chi connectivity index (χ3v) is 29.9. The van der Waals surface area contributed by atoms with Crippen molar-refractivity contribution in [3.63, 3.8) is 0 Å². The molecule has 0 fully saturated rings. The second-order valence-corrected chi connectivity index (χ2v) is 36.7. The quantitative estimate of drug-likeness (QED) is 0.115. The molecule has 2 nitrogen and oxygen atoms in total. The van der Waals surface area contributed by atoms with Gasteiger partial charge in [0.15, 0.2) is 0 Å². The van der Waals surface area contributed by atoms with Crippen LogP contribution in [0.5, 0.6) is 0 Å². The molecule has 2 heteroatoms. The fourth-order valence-corrected chi connectivity index (χ4v) is 23.9. The standard InChI is InChI=1S/2C66H43N/c1-4-16-43(17-5-1)45-28-30-46(31-29-45)65-55-36-33-48(49-34-37-64-59(40-49)54-25-13-15-27-63(54)67(64)52-35-32-44-18-10-11-19-47(44)38-52)39-56(55)57-42-62-58(41-60(57)65)53-24-12-14-26-61(53)66(62,50-20-6-2-7-21-50)51-22-8-3-9-23-51;1-4-16-43(17-5-1)45-30-34-52(35-31-45)67-63-37-33-48(47-32-36-56-57(39-47)53-24-12-13-26-55(53)65(56)49-29-28-44-18-10-11-19-46(44)38-49)40-59(63)60-41-58-54-25-14-15-27-61(54)66(62(58)42-64(60)67,50-20-6-2-7-21-50)51-22-8-3-9-23-51/h2*1-42,65H. The van der Waals surface area contributed by atoms with Crippen molar-refractivity contribution < 1.29 is 0 Å².